The van der Waals surface area contributed by atoms with Crippen LogP contribution < -0.4 is 4.90 Å². The van der Waals surface area contributed by atoms with Gasteiger partial charge in [-0.2, -0.15) is 4.31 Å². The second-order valence-corrected chi connectivity index (χ2v) is 10.9. The van der Waals surface area contributed by atoms with Crippen molar-refractivity contribution in [3.63, 3.8) is 0 Å². The van der Waals surface area contributed by atoms with Crippen LogP contribution in [-0.4, -0.2) is 41.5 Å². The lowest BCUT2D eigenvalue weighted by atomic mass is 9.81. The number of fused-ring (bicyclic) bond motifs is 8. The molecule has 2 aliphatic carbocycles. The Hall–Kier alpha value is -3.11. The van der Waals surface area contributed by atoms with Gasteiger partial charge in [0.25, 0.3) is 5.69 Å². The van der Waals surface area contributed by atoms with Crippen LogP contribution in [0.4, 0.5) is 11.4 Å². The number of amides is 2. The van der Waals surface area contributed by atoms with Crippen molar-refractivity contribution >= 4 is 33.2 Å². The number of non-ortho nitro benzene ring substituents is 1. The highest BCUT2D eigenvalue weighted by atomic mass is 32.2. The van der Waals surface area contributed by atoms with Gasteiger partial charge in [-0.05, 0) is 49.4 Å². The molecule has 2 saturated carbocycles. The van der Waals surface area contributed by atoms with Crippen molar-refractivity contribution in [3.05, 3.63) is 64.2 Å². The van der Waals surface area contributed by atoms with Crippen molar-refractivity contribution in [2.75, 3.05) is 4.90 Å². The van der Waals surface area contributed by atoms with Gasteiger partial charge in [0, 0.05) is 24.2 Å². The van der Waals surface area contributed by atoms with Crippen LogP contribution in [0.3, 0.4) is 0 Å². The number of hydrogen-bond acceptors (Lipinski definition) is 6. The number of carbonyl (C=O) groups is 2. The maximum absolute atomic E-state index is 13.2. The van der Waals surface area contributed by atoms with Crippen molar-refractivity contribution in [3.8, 4) is 0 Å². The highest BCUT2D eigenvalue weighted by Gasteiger charge is 2.78. The lowest BCUT2D eigenvalue weighted by Crippen LogP contribution is -2.34. The molecule has 2 aliphatic heterocycles. The topological polar surface area (TPSA) is 118 Å². The second-order valence-electron chi connectivity index (χ2n) is 9.03. The third kappa shape index (κ3) is 2.39. The molecule has 6 rings (SSSR count). The summed E-state index contributed by atoms with van der Waals surface area (Å²) in [5.41, 5.74) is 1.16. The Bertz CT molecular complexity index is 1260. The first-order valence-electron chi connectivity index (χ1n) is 10.4. The molecule has 2 heterocycles. The number of nitro groups is 1. The number of sulfonamides is 1. The van der Waals surface area contributed by atoms with Gasteiger partial charge in [0.05, 0.1) is 27.3 Å². The molecule has 32 heavy (non-hydrogen) atoms. The van der Waals surface area contributed by atoms with E-state index in [1.807, 2.05) is 6.92 Å². The van der Waals surface area contributed by atoms with E-state index in [0.717, 1.165) is 10.5 Å². The number of aryl methyl sites for hydroxylation is 1. The smallest absolute Gasteiger partial charge is 0.269 e. The van der Waals surface area contributed by atoms with E-state index >= 15 is 0 Å². The lowest BCUT2D eigenvalue weighted by molar-refractivity contribution is -0.384. The van der Waals surface area contributed by atoms with Crippen LogP contribution in [0.15, 0.2) is 53.4 Å². The number of hydrogen-bond donors (Lipinski definition) is 0. The van der Waals surface area contributed by atoms with E-state index in [9.17, 15) is 28.1 Å². The molecule has 0 N–H and O–H groups in total. The number of nitrogens with zero attached hydrogens (tertiary/aromatic N) is 3. The number of anilines is 1. The SMILES string of the molecule is Cc1ccc(S(=O)(=O)N2[C@@H]3[C@@H]4C[C@@H]([C@@H]5C(=O)N(c6ccc([N+](=O)[O-])cc6)C(=O)[C@H]45)[C@@H]32)cc1. The molecule has 9 nitrogen and oxygen atoms in total. The molecule has 2 amide bonds. The Kier molecular flexibility index (Phi) is 3.81. The zero-order valence-electron chi connectivity index (χ0n) is 17.0. The molecule has 164 valence electrons. The maximum Gasteiger partial charge on any atom is 0.269 e. The molecule has 4 fully saturated rings. The monoisotopic (exact) mass is 453 g/mol. The molecule has 0 spiro atoms. The third-order valence-electron chi connectivity index (χ3n) is 7.51. The van der Waals surface area contributed by atoms with Crippen molar-refractivity contribution in [1.82, 2.24) is 4.31 Å². The van der Waals surface area contributed by atoms with Crippen LogP contribution in [0.1, 0.15) is 12.0 Å². The second kappa shape index (κ2) is 6.23. The summed E-state index contributed by atoms with van der Waals surface area (Å²) < 4.78 is 27.9. The Morgan fingerprint density at radius 2 is 1.44 bits per heavy atom. The molecule has 0 aromatic heterocycles. The molecule has 2 bridgehead atoms. The summed E-state index contributed by atoms with van der Waals surface area (Å²) in [7, 11) is -3.68. The number of rotatable bonds is 4. The fraction of sp³-hybridized carbons (Fsp3) is 0.364. The number of piperidine rings is 1. The van der Waals surface area contributed by atoms with Gasteiger partial charge in [-0.25, -0.2) is 8.42 Å². The molecule has 1 unspecified atom stereocenters. The van der Waals surface area contributed by atoms with Crippen molar-refractivity contribution in [2.24, 2.45) is 23.7 Å². The van der Waals surface area contributed by atoms with E-state index in [0.29, 0.717) is 12.1 Å². The Balaban J connectivity index is 1.28. The van der Waals surface area contributed by atoms with E-state index in [-0.39, 0.29) is 46.3 Å². The average Bonchev–Trinajstić information content (AvgIpc) is 3.15. The van der Waals surface area contributed by atoms with Gasteiger partial charge < -0.3 is 0 Å². The van der Waals surface area contributed by atoms with Gasteiger partial charge >= 0.3 is 0 Å². The molecule has 2 aromatic rings. The molecular formula is C22H19N3O6S. The summed E-state index contributed by atoms with van der Waals surface area (Å²) in [6, 6.07) is 11.6. The van der Waals surface area contributed by atoms with E-state index in [2.05, 4.69) is 0 Å². The number of carbonyl (C=O) groups excluding carboxylic acids is 2. The van der Waals surface area contributed by atoms with Crippen LogP contribution in [0.5, 0.6) is 0 Å². The standard InChI is InChI=1S/C22H19N3O6S/c1-11-2-8-14(9-3-11)32(30,31)24-19-15-10-16(20(19)24)18-17(15)21(26)23(22(18)27)12-4-6-13(7-5-12)25(28)29/h2-9,15-20H,10H2,1H3/t15-,16+,17-,18+,19-,20+,24?. The summed E-state index contributed by atoms with van der Waals surface area (Å²) in [6.07, 6.45) is 0.677. The first kappa shape index (κ1) is 19.6. The zero-order chi connectivity index (χ0) is 22.5. The van der Waals surface area contributed by atoms with Gasteiger partial charge in [-0.15, -0.1) is 0 Å². The third-order valence-corrected chi connectivity index (χ3v) is 9.42. The minimum atomic E-state index is -3.68. The van der Waals surface area contributed by atoms with E-state index < -0.39 is 26.8 Å². The minimum Gasteiger partial charge on any atom is -0.274 e. The van der Waals surface area contributed by atoms with E-state index in [4.69, 9.17) is 0 Å². The van der Waals surface area contributed by atoms with Gasteiger partial charge in [-0.3, -0.25) is 24.6 Å². The Morgan fingerprint density at radius 1 is 0.906 bits per heavy atom. The summed E-state index contributed by atoms with van der Waals surface area (Å²) in [6.45, 7) is 1.89. The van der Waals surface area contributed by atoms with E-state index in [1.165, 1.54) is 28.6 Å². The van der Waals surface area contributed by atoms with Gasteiger partial charge in [-0.1, -0.05) is 17.7 Å². The largest absolute Gasteiger partial charge is 0.274 e. The first-order valence-corrected chi connectivity index (χ1v) is 11.9. The molecule has 10 heteroatoms. The lowest BCUT2D eigenvalue weighted by Gasteiger charge is -2.20. The maximum atomic E-state index is 13.2. The number of imide groups is 1. The van der Waals surface area contributed by atoms with Gasteiger partial charge in [0.1, 0.15) is 0 Å². The van der Waals surface area contributed by atoms with Crippen molar-refractivity contribution in [2.45, 2.75) is 30.3 Å². The molecule has 0 radical (unpaired) electrons. The quantitative estimate of drug-likeness (QED) is 0.303. The fourth-order valence-corrected chi connectivity index (χ4v) is 8.06. The Labute approximate surface area is 183 Å². The molecule has 4 aliphatic rings. The summed E-state index contributed by atoms with van der Waals surface area (Å²) in [4.78, 5) is 38.2. The van der Waals surface area contributed by atoms with Crippen LogP contribution in [0, 0.1) is 40.7 Å². The predicted molar refractivity (Wildman–Crippen MR) is 112 cm³/mol. The highest BCUT2D eigenvalue weighted by Crippen LogP contribution is 2.66. The predicted octanol–water partition coefficient (Wildman–Crippen LogP) is 2.10. The minimum absolute atomic E-state index is 0.119. The van der Waals surface area contributed by atoms with E-state index in [1.54, 1.807) is 24.3 Å². The first-order chi connectivity index (χ1) is 15.2. The summed E-state index contributed by atoms with van der Waals surface area (Å²) in [5.74, 6) is -2.12. The molecular weight excluding hydrogens is 434 g/mol. The molecule has 2 saturated heterocycles. The molecule has 7 atom stereocenters. The van der Waals surface area contributed by atoms with Crippen LogP contribution in [0.2, 0.25) is 0 Å². The Morgan fingerprint density at radius 3 is 1.94 bits per heavy atom. The van der Waals surface area contributed by atoms with Gasteiger partial charge in [0.2, 0.25) is 21.8 Å². The van der Waals surface area contributed by atoms with Crippen LogP contribution >= 0.6 is 0 Å². The van der Waals surface area contributed by atoms with Crippen molar-refractivity contribution in [1.29, 1.82) is 0 Å². The average molecular weight is 453 g/mol. The number of benzene rings is 2. The summed E-state index contributed by atoms with van der Waals surface area (Å²) >= 11 is 0. The van der Waals surface area contributed by atoms with Gasteiger partial charge in [0.15, 0.2) is 0 Å². The van der Waals surface area contributed by atoms with Crippen molar-refractivity contribution < 1.29 is 22.9 Å². The molecule has 2 aromatic carbocycles. The highest BCUT2D eigenvalue weighted by molar-refractivity contribution is 7.89. The zero-order valence-corrected chi connectivity index (χ0v) is 17.8. The number of nitro benzene ring substituents is 1. The normalized spacial score (nSPS) is 34.5. The summed E-state index contributed by atoms with van der Waals surface area (Å²) in [5, 5.41) is 10.9. The fourth-order valence-electron chi connectivity index (χ4n) is 6.18. The van der Waals surface area contributed by atoms with Crippen LogP contribution in [-0.2, 0) is 19.6 Å². The van der Waals surface area contributed by atoms with Crippen LogP contribution in [0.25, 0.3) is 0 Å².